The number of amides is 1. The predicted octanol–water partition coefficient (Wildman–Crippen LogP) is 2.82. The summed E-state index contributed by atoms with van der Waals surface area (Å²) in [6.45, 7) is 4.49. The monoisotopic (exact) mass is 317 g/mol. The predicted molar refractivity (Wildman–Crippen MR) is 90.9 cm³/mol. The van der Waals surface area contributed by atoms with Gasteiger partial charge in [0.1, 0.15) is 0 Å². The summed E-state index contributed by atoms with van der Waals surface area (Å²) in [5, 5.41) is 1.13. The zero-order chi connectivity index (χ0) is 15.6. The molecule has 2 N–H and O–H groups in total. The molecule has 1 aliphatic rings. The molecule has 5 heteroatoms. The molecule has 0 radical (unpaired) electrons. The number of hydrogen-bond donors (Lipinski definition) is 1. The number of nitrogens with zero attached hydrogens (tertiary/aromatic N) is 2. The Balaban J connectivity index is 1.49. The summed E-state index contributed by atoms with van der Waals surface area (Å²) < 4.78 is 1.22. The van der Waals surface area contributed by atoms with Crippen molar-refractivity contribution < 1.29 is 4.79 Å². The third-order valence-corrected chi connectivity index (χ3v) is 5.62. The van der Waals surface area contributed by atoms with E-state index in [2.05, 4.69) is 18.0 Å². The Labute approximate surface area is 135 Å². The highest BCUT2D eigenvalue weighted by Crippen LogP contribution is 2.29. The summed E-state index contributed by atoms with van der Waals surface area (Å²) in [6.07, 6.45) is 3.38. The van der Waals surface area contributed by atoms with E-state index in [1.165, 1.54) is 4.70 Å². The fraction of sp³-hybridized carbons (Fsp3) is 0.529. The number of likely N-dealkylation sites (tertiary alicyclic amines) is 1. The number of hydrogen-bond acceptors (Lipinski definition) is 4. The van der Waals surface area contributed by atoms with Crippen LogP contribution in [0.4, 0.5) is 0 Å². The highest BCUT2D eigenvalue weighted by molar-refractivity contribution is 7.18. The van der Waals surface area contributed by atoms with Crippen molar-refractivity contribution in [3.05, 3.63) is 29.3 Å². The zero-order valence-corrected chi connectivity index (χ0v) is 13.9. The Morgan fingerprint density at radius 2 is 2.27 bits per heavy atom. The van der Waals surface area contributed by atoms with Crippen LogP contribution in [-0.2, 0) is 11.2 Å². The molecular formula is C17H23N3OS. The minimum atomic E-state index is 0.114. The summed E-state index contributed by atoms with van der Waals surface area (Å²) in [7, 11) is 0. The summed E-state index contributed by atoms with van der Waals surface area (Å²) in [5.41, 5.74) is 6.97. The lowest BCUT2D eigenvalue weighted by atomic mass is 9.90. The van der Waals surface area contributed by atoms with Gasteiger partial charge >= 0.3 is 0 Å². The topological polar surface area (TPSA) is 59.2 Å². The summed E-state index contributed by atoms with van der Waals surface area (Å²) in [4.78, 5) is 18.9. The number of rotatable bonds is 5. The first kappa shape index (κ1) is 15.4. The van der Waals surface area contributed by atoms with Crippen molar-refractivity contribution in [1.82, 2.24) is 9.88 Å². The first-order valence-corrected chi connectivity index (χ1v) is 8.74. The van der Waals surface area contributed by atoms with Gasteiger partial charge in [0.05, 0.1) is 15.2 Å². The van der Waals surface area contributed by atoms with Gasteiger partial charge in [-0.15, -0.1) is 11.3 Å². The Morgan fingerprint density at radius 1 is 1.45 bits per heavy atom. The Morgan fingerprint density at radius 3 is 3.00 bits per heavy atom. The van der Waals surface area contributed by atoms with E-state index >= 15 is 0 Å². The second kappa shape index (κ2) is 6.34. The maximum Gasteiger partial charge on any atom is 0.222 e. The van der Waals surface area contributed by atoms with Gasteiger partial charge in [0.15, 0.2) is 0 Å². The molecule has 1 atom stereocenters. The maximum atomic E-state index is 12.3. The number of aromatic nitrogens is 1. The van der Waals surface area contributed by atoms with Crippen LogP contribution < -0.4 is 5.73 Å². The van der Waals surface area contributed by atoms with E-state index in [9.17, 15) is 4.79 Å². The van der Waals surface area contributed by atoms with Crippen LogP contribution >= 0.6 is 11.3 Å². The van der Waals surface area contributed by atoms with Crippen LogP contribution in [0.3, 0.4) is 0 Å². The van der Waals surface area contributed by atoms with E-state index < -0.39 is 0 Å². The summed E-state index contributed by atoms with van der Waals surface area (Å²) >= 11 is 1.73. The summed E-state index contributed by atoms with van der Waals surface area (Å²) in [5.74, 6) is 0.262. The van der Waals surface area contributed by atoms with Crippen LogP contribution in [0.2, 0.25) is 0 Å². The highest BCUT2D eigenvalue weighted by atomic mass is 32.1. The fourth-order valence-corrected chi connectivity index (χ4v) is 3.99. The van der Waals surface area contributed by atoms with E-state index in [1.54, 1.807) is 11.3 Å². The quantitative estimate of drug-likeness (QED) is 0.922. The first-order chi connectivity index (χ1) is 10.6. The number of para-hydroxylation sites is 1. The van der Waals surface area contributed by atoms with E-state index in [1.807, 2.05) is 23.1 Å². The number of carbonyl (C=O) groups excluding carboxylic acids is 1. The average molecular weight is 317 g/mol. The van der Waals surface area contributed by atoms with Crippen LogP contribution in [-0.4, -0.2) is 35.4 Å². The molecule has 2 aromatic rings. The molecule has 22 heavy (non-hydrogen) atoms. The van der Waals surface area contributed by atoms with Crippen molar-refractivity contribution in [3.63, 3.8) is 0 Å². The van der Waals surface area contributed by atoms with Crippen molar-refractivity contribution in [2.24, 2.45) is 11.1 Å². The van der Waals surface area contributed by atoms with Gasteiger partial charge in [-0.25, -0.2) is 4.98 Å². The first-order valence-electron chi connectivity index (χ1n) is 7.92. The molecule has 0 spiro atoms. The average Bonchev–Trinajstić information content (AvgIpc) is 3.11. The Bertz CT molecular complexity index is 636. The van der Waals surface area contributed by atoms with E-state index in [0.29, 0.717) is 13.0 Å². The minimum absolute atomic E-state index is 0.114. The lowest BCUT2D eigenvalue weighted by Crippen LogP contribution is -2.34. The molecule has 0 bridgehead atoms. The molecule has 1 unspecified atom stereocenters. The number of benzene rings is 1. The number of fused-ring (bicyclic) bond motifs is 1. The smallest absolute Gasteiger partial charge is 0.222 e. The molecule has 118 valence electrons. The molecule has 1 fully saturated rings. The van der Waals surface area contributed by atoms with Crippen LogP contribution in [0, 0.1) is 5.41 Å². The summed E-state index contributed by atoms with van der Waals surface area (Å²) in [6, 6.07) is 8.19. The highest BCUT2D eigenvalue weighted by Gasteiger charge is 2.34. The van der Waals surface area contributed by atoms with E-state index in [4.69, 9.17) is 5.73 Å². The largest absolute Gasteiger partial charge is 0.342 e. The van der Waals surface area contributed by atoms with Gasteiger partial charge in [-0.3, -0.25) is 4.79 Å². The number of thiazole rings is 1. The molecule has 1 amide bonds. The van der Waals surface area contributed by atoms with Gasteiger partial charge in [0.25, 0.3) is 0 Å². The van der Waals surface area contributed by atoms with Gasteiger partial charge in [-0.2, -0.15) is 0 Å². The molecular weight excluding hydrogens is 294 g/mol. The van der Waals surface area contributed by atoms with Crippen molar-refractivity contribution in [1.29, 1.82) is 0 Å². The third-order valence-electron chi connectivity index (χ3n) is 4.52. The van der Waals surface area contributed by atoms with Gasteiger partial charge in [0, 0.05) is 19.5 Å². The van der Waals surface area contributed by atoms with E-state index in [0.717, 1.165) is 42.9 Å². The SMILES string of the molecule is CC1(CN)CCN(C(=O)CCCc2nc3ccccc3s2)C1. The number of nitrogens with two attached hydrogens (primary N) is 1. The zero-order valence-electron chi connectivity index (χ0n) is 13.0. The normalized spacial score (nSPS) is 21.6. The molecule has 0 saturated carbocycles. The number of aryl methyl sites for hydroxylation is 1. The van der Waals surface area contributed by atoms with Gasteiger partial charge < -0.3 is 10.6 Å². The molecule has 1 aromatic carbocycles. The maximum absolute atomic E-state index is 12.3. The number of carbonyl (C=O) groups is 1. The van der Waals surface area contributed by atoms with Crippen molar-refractivity contribution in [2.75, 3.05) is 19.6 Å². The van der Waals surface area contributed by atoms with Gasteiger partial charge in [-0.1, -0.05) is 19.1 Å². The lowest BCUT2D eigenvalue weighted by Gasteiger charge is -2.22. The van der Waals surface area contributed by atoms with Gasteiger partial charge in [0.2, 0.25) is 5.91 Å². The molecule has 1 aliphatic heterocycles. The molecule has 2 heterocycles. The van der Waals surface area contributed by atoms with Crippen LogP contribution in [0.1, 0.15) is 31.2 Å². The van der Waals surface area contributed by atoms with Crippen molar-refractivity contribution in [3.8, 4) is 0 Å². The minimum Gasteiger partial charge on any atom is -0.342 e. The third kappa shape index (κ3) is 3.31. The second-order valence-electron chi connectivity index (χ2n) is 6.51. The van der Waals surface area contributed by atoms with Gasteiger partial charge in [-0.05, 0) is 43.4 Å². The van der Waals surface area contributed by atoms with E-state index in [-0.39, 0.29) is 11.3 Å². The van der Waals surface area contributed by atoms with Crippen LogP contribution in [0.25, 0.3) is 10.2 Å². The van der Waals surface area contributed by atoms with Crippen molar-refractivity contribution >= 4 is 27.5 Å². The standard InChI is InChI=1S/C17H23N3OS/c1-17(11-18)9-10-20(12-17)16(21)8-4-7-15-19-13-5-2-3-6-14(13)22-15/h2-3,5-6H,4,7-12,18H2,1H3. The Kier molecular flexibility index (Phi) is 4.45. The van der Waals surface area contributed by atoms with Crippen molar-refractivity contribution in [2.45, 2.75) is 32.6 Å². The molecule has 3 rings (SSSR count). The van der Waals surface area contributed by atoms with Crippen LogP contribution in [0.15, 0.2) is 24.3 Å². The fourth-order valence-electron chi connectivity index (χ4n) is 2.98. The molecule has 0 aliphatic carbocycles. The second-order valence-corrected chi connectivity index (χ2v) is 7.62. The van der Waals surface area contributed by atoms with Crippen LogP contribution in [0.5, 0.6) is 0 Å². The molecule has 1 saturated heterocycles. The Hall–Kier alpha value is -1.46. The molecule has 1 aromatic heterocycles. The lowest BCUT2D eigenvalue weighted by molar-refractivity contribution is -0.130. The molecule has 4 nitrogen and oxygen atoms in total.